The molecule has 82 valence electrons. The SMILES string of the molecule is NCC1(NCCC2CC2)CCCCC1. The summed E-state index contributed by atoms with van der Waals surface area (Å²) in [4.78, 5) is 0. The summed E-state index contributed by atoms with van der Waals surface area (Å²) in [5.41, 5.74) is 6.22. The molecule has 0 unspecified atom stereocenters. The van der Waals surface area contributed by atoms with Gasteiger partial charge in [-0.2, -0.15) is 0 Å². The molecule has 0 radical (unpaired) electrons. The zero-order chi connectivity index (χ0) is 9.86. The van der Waals surface area contributed by atoms with E-state index in [-0.39, 0.29) is 0 Å². The highest BCUT2D eigenvalue weighted by molar-refractivity contribution is 4.92. The lowest BCUT2D eigenvalue weighted by Crippen LogP contribution is -2.52. The van der Waals surface area contributed by atoms with E-state index in [1.807, 2.05) is 0 Å². The van der Waals surface area contributed by atoms with E-state index in [2.05, 4.69) is 5.32 Å². The molecule has 2 aliphatic carbocycles. The molecular formula is C12H24N2. The van der Waals surface area contributed by atoms with Crippen LogP contribution in [0.3, 0.4) is 0 Å². The third-order valence-corrected chi connectivity index (χ3v) is 3.95. The Hall–Kier alpha value is -0.0800. The van der Waals surface area contributed by atoms with E-state index in [4.69, 9.17) is 5.73 Å². The fourth-order valence-electron chi connectivity index (χ4n) is 2.63. The quantitative estimate of drug-likeness (QED) is 0.706. The van der Waals surface area contributed by atoms with Gasteiger partial charge in [0.1, 0.15) is 0 Å². The largest absolute Gasteiger partial charge is 0.329 e. The molecule has 0 bridgehead atoms. The third kappa shape index (κ3) is 2.71. The third-order valence-electron chi connectivity index (χ3n) is 3.95. The van der Waals surface area contributed by atoms with Gasteiger partial charge in [0.2, 0.25) is 0 Å². The van der Waals surface area contributed by atoms with Crippen molar-refractivity contribution in [3.8, 4) is 0 Å². The lowest BCUT2D eigenvalue weighted by molar-refractivity contribution is 0.237. The highest BCUT2D eigenvalue weighted by Gasteiger charge is 2.30. The highest BCUT2D eigenvalue weighted by Crippen LogP contribution is 2.33. The summed E-state index contributed by atoms with van der Waals surface area (Å²) in [5, 5.41) is 3.73. The fourth-order valence-corrected chi connectivity index (χ4v) is 2.63. The number of nitrogens with two attached hydrogens (primary N) is 1. The van der Waals surface area contributed by atoms with Gasteiger partial charge in [-0.05, 0) is 31.7 Å². The van der Waals surface area contributed by atoms with Crippen LogP contribution < -0.4 is 11.1 Å². The van der Waals surface area contributed by atoms with Crippen molar-refractivity contribution >= 4 is 0 Å². The van der Waals surface area contributed by atoms with Crippen LogP contribution in [-0.2, 0) is 0 Å². The summed E-state index contributed by atoms with van der Waals surface area (Å²) < 4.78 is 0. The monoisotopic (exact) mass is 196 g/mol. The van der Waals surface area contributed by atoms with E-state index in [0.717, 1.165) is 12.5 Å². The van der Waals surface area contributed by atoms with Gasteiger partial charge in [0.15, 0.2) is 0 Å². The summed E-state index contributed by atoms with van der Waals surface area (Å²) >= 11 is 0. The van der Waals surface area contributed by atoms with Crippen LogP contribution in [0, 0.1) is 5.92 Å². The Balaban J connectivity index is 1.71. The number of hydrogen-bond acceptors (Lipinski definition) is 2. The minimum atomic E-state index is 0.313. The van der Waals surface area contributed by atoms with Crippen LogP contribution in [0.1, 0.15) is 51.4 Å². The summed E-state index contributed by atoms with van der Waals surface area (Å²) in [6, 6.07) is 0. The van der Waals surface area contributed by atoms with Gasteiger partial charge in [-0.1, -0.05) is 32.1 Å². The van der Waals surface area contributed by atoms with Gasteiger partial charge in [0.25, 0.3) is 0 Å². The first kappa shape index (κ1) is 10.4. The molecule has 0 aromatic carbocycles. The Labute approximate surface area is 87.6 Å². The van der Waals surface area contributed by atoms with Gasteiger partial charge in [0.05, 0.1) is 0 Å². The van der Waals surface area contributed by atoms with Crippen LogP contribution in [0.25, 0.3) is 0 Å². The molecule has 0 spiro atoms. The Morgan fingerprint density at radius 1 is 1.14 bits per heavy atom. The Morgan fingerprint density at radius 3 is 2.43 bits per heavy atom. The van der Waals surface area contributed by atoms with Crippen molar-refractivity contribution < 1.29 is 0 Å². The summed E-state index contributed by atoms with van der Waals surface area (Å²) in [7, 11) is 0. The topological polar surface area (TPSA) is 38.0 Å². The molecule has 0 aromatic heterocycles. The molecule has 2 fully saturated rings. The highest BCUT2D eigenvalue weighted by atomic mass is 15.0. The fraction of sp³-hybridized carbons (Fsp3) is 1.00. The maximum Gasteiger partial charge on any atom is 0.0304 e. The second-order valence-corrected chi connectivity index (χ2v) is 5.20. The average molecular weight is 196 g/mol. The minimum absolute atomic E-state index is 0.313. The van der Waals surface area contributed by atoms with Gasteiger partial charge >= 0.3 is 0 Å². The molecule has 0 atom stereocenters. The smallest absolute Gasteiger partial charge is 0.0304 e. The molecule has 0 heterocycles. The van der Waals surface area contributed by atoms with Crippen molar-refractivity contribution in [2.24, 2.45) is 11.7 Å². The van der Waals surface area contributed by atoms with E-state index >= 15 is 0 Å². The molecule has 2 nitrogen and oxygen atoms in total. The van der Waals surface area contributed by atoms with Crippen LogP contribution in [0.5, 0.6) is 0 Å². The number of nitrogens with one attached hydrogen (secondary N) is 1. The zero-order valence-corrected chi connectivity index (χ0v) is 9.23. The molecule has 2 aliphatic rings. The summed E-state index contributed by atoms with van der Waals surface area (Å²) in [6.45, 7) is 2.03. The first-order valence-corrected chi connectivity index (χ1v) is 6.30. The second-order valence-electron chi connectivity index (χ2n) is 5.20. The molecule has 0 aromatic rings. The molecule has 3 N–H and O–H groups in total. The van der Waals surface area contributed by atoms with Crippen LogP contribution in [-0.4, -0.2) is 18.6 Å². The Bertz CT molecular complexity index is 169. The zero-order valence-electron chi connectivity index (χ0n) is 9.23. The summed E-state index contributed by atoms with van der Waals surface area (Å²) in [6.07, 6.45) is 11.1. The average Bonchev–Trinajstić information content (AvgIpc) is 3.03. The van der Waals surface area contributed by atoms with E-state index in [1.54, 1.807) is 0 Å². The number of rotatable bonds is 5. The normalized spacial score (nSPS) is 26.4. The van der Waals surface area contributed by atoms with Crippen molar-refractivity contribution in [3.63, 3.8) is 0 Å². The maximum atomic E-state index is 5.91. The van der Waals surface area contributed by atoms with Gasteiger partial charge < -0.3 is 11.1 Å². The lowest BCUT2D eigenvalue weighted by atomic mass is 9.81. The first-order chi connectivity index (χ1) is 6.85. The second kappa shape index (κ2) is 4.63. The van der Waals surface area contributed by atoms with Crippen LogP contribution >= 0.6 is 0 Å². The first-order valence-electron chi connectivity index (χ1n) is 6.30. The van der Waals surface area contributed by atoms with Gasteiger partial charge in [-0.15, -0.1) is 0 Å². The van der Waals surface area contributed by atoms with Crippen LogP contribution in [0.2, 0.25) is 0 Å². The van der Waals surface area contributed by atoms with Gasteiger partial charge in [0, 0.05) is 12.1 Å². The van der Waals surface area contributed by atoms with Gasteiger partial charge in [-0.25, -0.2) is 0 Å². The molecular weight excluding hydrogens is 172 g/mol. The molecule has 0 saturated heterocycles. The van der Waals surface area contributed by atoms with E-state index in [9.17, 15) is 0 Å². The molecule has 14 heavy (non-hydrogen) atoms. The van der Waals surface area contributed by atoms with E-state index in [0.29, 0.717) is 5.54 Å². The maximum absolute atomic E-state index is 5.91. The van der Waals surface area contributed by atoms with E-state index < -0.39 is 0 Å². The van der Waals surface area contributed by atoms with E-state index in [1.165, 1.54) is 57.9 Å². The predicted molar refractivity (Wildman–Crippen MR) is 60.2 cm³/mol. The molecule has 2 saturated carbocycles. The van der Waals surface area contributed by atoms with Gasteiger partial charge in [-0.3, -0.25) is 0 Å². The van der Waals surface area contributed by atoms with Crippen molar-refractivity contribution in [2.75, 3.05) is 13.1 Å². The van der Waals surface area contributed by atoms with Crippen molar-refractivity contribution in [2.45, 2.75) is 56.9 Å². The van der Waals surface area contributed by atoms with Crippen LogP contribution in [0.4, 0.5) is 0 Å². The van der Waals surface area contributed by atoms with Crippen molar-refractivity contribution in [3.05, 3.63) is 0 Å². The van der Waals surface area contributed by atoms with Crippen molar-refractivity contribution in [1.29, 1.82) is 0 Å². The Morgan fingerprint density at radius 2 is 1.86 bits per heavy atom. The predicted octanol–water partition coefficient (Wildman–Crippen LogP) is 2.04. The molecule has 0 aliphatic heterocycles. The summed E-state index contributed by atoms with van der Waals surface area (Å²) in [5.74, 6) is 1.04. The molecule has 2 rings (SSSR count). The van der Waals surface area contributed by atoms with Crippen molar-refractivity contribution in [1.82, 2.24) is 5.32 Å². The molecule has 0 amide bonds. The lowest BCUT2D eigenvalue weighted by Gasteiger charge is -2.37. The number of hydrogen-bond donors (Lipinski definition) is 2. The minimum Gasteiger partial charge on any atom is -0.329 e. The Kier molecular flexibility index (Phi) is 3.45. The van der Waals surface area contributed by atoms with Crippen LogP contribution in [0.15, 0.2) is 0 Å². The standard InChI is InChI=1S/C12H24N2/c13-10-12(7-2-1-3-8-12)14-9-6-11-4-5-11/h11,14H,1-10,13H2. The molecule has 2 heteroatoms.